The van der Waals surface area contributed by atoms with Gasteiger partial charge in [-0.25, -0.2) is 0 Å². The Labute approximate surface area is 136 Å². The van der Waals surface area contributed by atoms with Crippen LogP contribution in [0.25, 0.3) is 0 Å². The van der Waals surface area contributed by atoms with E-state index in [1.54, 1.807) is 13.8 Å². The molecule has 0 saturated heterocycles. The molecule has 0 aliphatic heterocycles. The molecule has 0 bridgehead atoms. The quantitative estimate of drug-likeness (QED) is 0.353. The largest absolute Gasteiger partial charge is 0.338 e. The predicted molar refractivity (Wildman–Crippen MR) is 94.8 cm³/mol. The Balaban J connectivity index is 4.89. The fourth-order valence-electron chi connectivity index (χ4n) is 1.81. The van der Waals surface area contributed by atoms with Gasteiger partial charge in [0.15, 0.2) is 0 Å². The highest BCUT2D eigenvalue weighted by Crippen LogP contribution is 2.48. The van der Waals surface area contributed by atoms with Crippen LogP contribution in [0.4, 0.5) is 0 Å². The highest BCUT2D eigenvalue weighted by molar-refractivity contribution is 7.54. The van der Waals surface area contributed by atoms with Crippen molar-refractivity contribution in [2.75, 3.05) is 19.4 Å². The van der Waals surface area contributed by atoms with E-state index in [1.165, 1.54) is 0 Å². The van der Waals surface area contributed by atoms with Crippen molar-refractivity contribution >= 4 is 21.5 Å². The standard InChI is InChI=1S/C16H31O4PSi/c1-8-19-21(18,20-9-2)13-16(17)12-15(14(3)4)10-11-22(5,6)7/h14-15H,8-9,12-13H2,1-7H3/t15-/m0/s1. The second-order valence-corrected chi connectivity index (χ2v) is 13.5. The third-order valence-corrected chi connectivity index (χ3v) is 5.84. The summed E-state index contributed by atoms with van der Waals surface area (Å²) < 4.78 is 22.8. The summed E-state index contributed by atoms with van der Waals surface area (Å²) in [6, 6.07) is 0. The summed E-state index contributed by atoms with van der Waals surface area (Å²) >= 11 is 0. The van der Waals surface area contributed by atoms with E-state index in [2.05, 4.69) is 45.0 Å². The third-order valence-electron chi connectivity index (χ3n) is 2.91. The van der Waals surface area contributed by atoms with E-state index in [1.807, 2.05) is 0 Å². The SMILES string of the molecule is CCOP(=O)(CC(=O)C[C@H](C#C[Si](C)(C)C)C(C)C)OCC. The minimum Gasteiger partial charge on any atom is -0.309 e. The molecule has 0 aliphatic carbocycles. The first kappa shape index (κ1) is 21.6. The van der Waals surface area contributed by atoms with Crippen LogP contribution in [0.2, 0.25) is 19.6 Å². The number of ketones is 1. The van der Waals surface area contributed by atoms with E-state index < -0.39 is 15.7 Å². The smallest absolute Gasteiger partial charge is 0.309 e. The van der Waals surface area contributed by atoms with E-state index in [9.17, 15) is 9.36 Å². The molecule has 128 valence electrons. The Morgan fingerprint density at radius 2 is 1.64 bits per heavy atom. The number of Topliss-reactive ketones (excluding diaryl/α,β-unsaturated/α-hetero) is 1. The highest BCUT2D eigenvalue weighted by Gasteiger charge is 2.29. The number of hydrogen-bond acceptors (Lipinski definition) is 4. The average molecular weight is 346 g/mol. The Bertz CT molecular complexity index is 447. The summed E-state index contributed by atoms with van der Waals surface area (Å²) in [4.78, 5) is 12.3. The first-order valence-corrected chi connectivity index (χ1v) is 13.2. The maximum absolute atomic E-state index is 12.4. The van der Waals surface area contributed by atoms with Gasteiger partial charge in [-0.3, -0.25) is 9.36 Å². The van der Waals surface area contributed by atoms with Crippen molar-refractivity contribution in [1.82, 2.24) is 0 Å². The van der Waals surface area contributed by atoms with Crippen molar-refractivity contribution in [3.8, 4) is 11.5 Å². The van der Waals surface area contributed by atoms with E-state index in [-0.39, 0.29) is 37.0 Å². The monoisotopic (exact) mass is 346 g/mol. The molecule has 0 fully saturated rings. The molecule has 0 aromatic heterocycles. The maximum atomic E-state index is 12.4. The molecule has 6 heteroatoms. The molecule has 0 aliphatic rings. The molecule has 0 aromatic rings. The molecule has 1 atom stereocenters. The van der Waals surface area contributed by atoms with Gasteiger partial charge in [-0.2, -0.15) is 0 Å². The van der Waals surface area contributed by atoms with Crippen molar-refractivity contribution in [1.29, 1.82) is 0 Å². The van der Waals surface area contributed by atoms with Gasteiger partial charge in [-0.1, -0.05) is 33.5 Å². The minimum atomic E-state index is -3.30. The molecule has 0 amide bonds. The van der Waals surface area contributed by atoms with E-state index in [0.29, 0.717) is 6.42 Å². The molecule has 0 spiro atoms. The van der Waals surface area contributed by atoms with Gasteiger partial charge in [0.1, 0.15) is 20.0 Å². The van der Waals surface area contributed by atoms with Crippen LogP contribution in [-0.2, 0) is 18.4 Å². The van der Waals surface area contributed by atoms with Crippen LogP contribution in [0.15, 0.2) is 0 Å². The zero-order valence-corrected chi connectivity index (χ0v) is 17.0. The molecule has 0 radical (unpaired) electrons. The van der Waals surface area contributed by atoms with E-state index in [4.69, 9.17) is 9.05 Å². The van der Waals surface area contributed by atoms with Crippen molar-refractivity contribution in [2.24, 2.45) is 11.8 Å². The Kier molecular flexibility index (Phi) is 9.50. The van der Waals surface area contributed by atoms with Crippen LogP contribution in [0.5, 0.6) is 0 Å². The lowest BCUT2D eigenvalue weighted by molar-refractivity contribution is -0.117. The lowest BCUT2D eigenvalue weighted by Gasteiger charge is -2.19. The third kappa shape index (κ3) is 9.58. The average Bonchev–Trinajstić information content (AvgIpc) is 2.33. The summed E-state index contributed by atoms with van der Waals surface area (Å²) in [5.41, 5.74) is 3.33. The molecule has 0 rings (SSSR count). The minimum absolute atomic E-state index is 0.00377. The van der Waals surface area contributed by atoms with Crippen molar-refractivity contribution in [3.05, 3.63) is 0 Å². The second-order valence-electron chi connectivity index (χ2n) is 6.72. The number of hydrogen-bond donors (Lipinski definition) is 0. The van der Waals surface area contributed by atoms with Crippen molar-refractivity contribution < 1.29 is 18.4 Å². The van der Waals surface area contributed by atoms with Crippen LogP contribution in [0, 0.1) is 23.3 Å². The topological polar surface area (TPSA) is 52.6 Å². The molecular formula is C16H31O4PSi. The lowest BCUT2D eigenvalue weighted by atomic mass is 9.92. The molecule has 22 heavy (non-hydrogen) atoms. The second kappa shape index (κ2) is 9.67. The normalized spacial score (nSPS) is 13.6. The van der Waals surface area contributed by atoms with Crippen LogP contribution < -0.4 is 0 Å². The van der Waals surface area contributed by atoms with Gasteiger partial charge in [-0.15, -0.1) is 11.5 Å². The Morgan fingerprint density at radius 3 is 2.00 bits per heavy atom. The first-order chi connectivity index (χ1) is 10.0. The van der Waals surface area contributed by atoms with Gasteiger partial charge in [0, 0.05) is 12.3 Å². The molecule has 0 saturated carbocycles. The van der Waals surface area contributed by atoms with Gasteiger partial charge in [-0.05, 0) is 19.8 Å². The summed E-state index contributed by atoms with van der Waals surface area (Å²) in [6.45, 7) is 14.7. The van der Waals surface area contributed by atoms with E-state index >= 15 is 0 Å². The van der Waals surface area contributed by atoms with Crippen molar-refractivity contribution in [2.45, 2.75) is 53.8 Å². The van der Waals surface area contributed by atoms with Gasteiger partial charge in [0.05, 0.1) is 13.2 Å². The molecule has 0 aromatic carbocycles. The fourth-order valence-corrected chi connectivity index (χ4v) is 4.03. The number of carbonyl (C=O) groups is 1. The van der Waals surface area contributed by atoms with Crippen LogP contribution >= 0.6 is 7.60 Å². The van der Waals surface area contributed by atoms with Crippen LogP contribution in [0.1, 0.15) is 34.1 Å². The first-order valence-electron chi connectivity index (χ1n) is 7.95. The fraction of sp³-hybridized carbons (Fsp3) is 0.812. The lowest BCUT2D eigenvalue weighted by Crippen LogP contribution is -2.20. The highest BCUT2D eigenvalue weighted by atomic mass is 31.2. The summed E-state index contributed by atoms with van der Waals surface area (Å²) in [5.74, 6) is 3.44. The molecule has 0 heterocycles. The zero-order valence-electron chi connectivity index (χ0n) is 15.1. The Morgan fingerprint density at radius 1 is 1.14 bits per heavy atom. The molecular weight excluding hydrogens is 315 g/mol. The van der Waals surface area contributed by atoms with Crippen molar-refractivity contribution in [3.63, 3.8) is 0 Å². The molecule has 0 N–H and O–H groups in total. The number of carbonyl (C=O) groups excluding carboxylic acids is 1. The molecule has 0 unspecified atom stereocenters. The van der Waals surface area contributed by atoms with Gasteiger partial charge < -0.3 is 9.05 Å². The van der Waals surface area contributed by atoms with Gasteiger partial charge in [0.2, 0.25) is 0 Å². The summed E-state index contributed by atoms with van der Waals surface area (Å²) in [5, 5.41) is 0. The Hall–Kier alpha value is -0.403. The van der Waals surface area contributed by atoms with Gasteiger partial charge >= 0.3 is 7.60 Å². The predicted octanol–water partition coefficient (Wildman–Crippen LogP) is 4.36. The van der Waals surface area contributed by atoms with E-state index in [0.717, 1.165) is 0 Å². The van der Waals surface area contributed by atoms with Crippen LogP contribution in [-0.4, -0.2) is 33.2 Å². The molecule has 4 nitrogen and oxygen atoms in total. The summed E-state index contributed by atoms with van der Waals surface area (Å²) in [6.07, 6.45) is 0.145. The van der Waals surface area contributed by atoms with Crippen LogP contribution in [0.3, 0.4) is 0 Å². The number of rotatable bonds is 9. The zero-order chi connectivity index (χ0) is 17.4. The summed E-state index contributed by atoms with van der Waals surface area (Å²) in [7, 11) is -4.77. The van der Waals surface area contributed by atoms with Gasteiger partial charge in [0.25, 0.3) is 0 Å². The maximum Gasteiger partial charge on any atom is 0.338 e.